The average molecular weight is 242 g/mol. The van der Waals surface area contributed by atoms with Crippen molar-refractivity contribution in [1.82, 2.24) is 10.5 Å². The minimum Gasteiger partial charge on any atom is -0.361 e. The number of hydrogen-bond donors (Lipinski definition) is 1. The first-order valence-corrected chi connectivity index (χ1v) is 6.47. The normalized spacial score (nSPS) is 18.7. The number of aromatic nitrogens is 1. The molecule has 1 aliphatic heterocycles. The Bertz CT molecular complexity index is 567. The highest BCUT2D eigenvalue weighted by Crippen LogP contribution is 2.35. The highest BCUT2D eigenvalue weighted by molar-refractivity contribution is 5.72. The largest absolute Gasteiger partial charge is 0.361 e. The molecule has 3 heteroatoms. The highest BCUT2D eigenvalue weighted by Gasteiger charge is 2.21. The van der Waals surface area contributed by atoms with Gasteiger partial charge in [-0.05, 0) is 50.4 Å². The summed E-state index contributed by atoms with van der Waals surface area (Å²) in [6, 6.07) is 6.95. The first kappa shape index (κ1) is 11.5. The molecule has 94 valence electrons. The van der Waals surface area contributed by atoms with E-state index in [0.717, 1.165) is 24.4 Å². The lowest BCUT2D eigenvalue weighted by Gasteiger charge is -2.26. The van der Waals surface area contributed by atoms with Crippen LogP contribution < -0.4 is 5.32 Å². The van der Waals surface area contributed by atoms with Crippen molar-refractivity contribution in [3.63, 3.8) is 0 Å². The molecular weight excluding hydrogens is 224 g/mol. The lowest BCUT2D eigenvalue weighted by molar-refractivity contribution is 0.393. The molecule has 0 aliphatic carbocycles. The third-order valence-corrected chi connectivity index (χ3v) is 3.81. The van der Waals surface area contributed by atoms with Crippen molar-refractivity contribution in [2.75, 3.05) is 6.54 Å². The minimum absolute atomic E-state index is 0.425. The number of benzene rings is 1. The van der Waals surface area contributed by atoms with Crippen molar-refractivity contribution >= 4 is 0 Å². The second-order valence-corrected chi connectivity index (χ2v) is 5.00. The van der Waals surface area contributed by atoms with Gasteiger partial charge in [0, 0.05) is 11.6 Å². The van der Waals surface area contributed by atoms with Crippen molar-refractivity contribution in [3.05, 3.63) is 40.8 Å². The molecule has 1 aliphatic rings. The summed E-state index contributed by atoms with van der Waals surface area (Å²) in [5.74, 6) is 0.909. The molecule has 0 fully saturated rings. The van der Waals surface area contributed by atoms with Gasteiger partial charge in [-0.1, -0.05) is 23.4 Å². The van der Waals surface area contributed by atoms with Crippen LogP contribution in [0.5, 0.6) is 0 Å². The highest BCUT2D eigenvalue weighted by atomic mass is 16.5. The Morgan fingerprint density at radius 1 is 1.33 bits per heavy atom. The molecule has 2 aromatic rings. The second kappa shape index (κ2) is 4.25. The molecule has 0 saturated carbocycles. The van der Waals surface area contributed by atoms with Crippen LogP contribution in [0.4, 0.5) is 0 Å². The van der Waals surface area contributed by atoms with Gasteiger partial charge < -0.3 is 9.84 Å². The zero-order chi connectivity index (χ0) is 12.7. The van der Waals surface area contributed by atoms with E-state index in [1.165, 1.54) is 22.3 Å². The second-order valence-electron chi connectivity index (χ2n) is 5.00. The van der Waals surface area contributed by atoms with E-state index in [1.807, 2.05) is 13.8 Å². The number of rotatable bonds is 1. The molecule has 1 unspecified atom stereocenters. The summed E-state index contributed by atoms with van der Waals surface area (Å²) in [5, 5.41) is 7.57. The minimum atomic E-state index is 0.425. The summed E-state index contributed by atoms with van der Waals surface area (Å²) < 4.78 is 5.30. The van der Waals surface area contributed by atoms with Crippen molar-refractivity contribution in [2.45, 2.75) is 33.2 Å². The van der Waals surface area contributed by atoms with Crippen LogP contribution >= 0.6 is 0 Å². The van der Waals surface area contributed by atoms with E-state index in [2.05, 4.69) is 35.6 Å². The van der Waals surface area contributed by atoms with Crippen molar-refractivity contribution in [1.29, 1.82) is 0 Å². The van der Waals surface area contributed by atoms with Crippen LogP contribution in [-0.2, 0) is 6.42 Å². The van der Waals surface area contributed by atoms with Gasteiger partial charge in [-0.3, -0.25) is 0 Å². The lowest BCUT2D eigenvalue weighted by atomic mass is 9.88. The van der Waals surface area contributed by atoms with Crippen LogP contribution in [0.3, 0.4) is 0 Å². The first-order chi connectivity index (χ1) is 8.68. The lowest BCUT2D eigenvalue weighted by Crippen LogP contribution is -2.28. The van der Waals surface area contributed by atoms with E-state index in [9.17, 15) is 0 Å². The standard InChI is InChI=1S/C15H18N2O/c1-9-12-5-4-6-14(13(12)7-8-16-9)15-10(2)17-18-11(15)3/h4-6,9,16H,7-8H2,1-3H3. The fourth-order valence-electron chi connectivity index (χ4n) is 2.91. The Kier molecular flexibility index (Phi) is 2.71. The van der Waals surface area contributed by atoms with Gasteiger partial charge in [0.1, 0.15) is 5.76 Å². The zero-order valence-electron chi connectivity index (χ0n) is 11.1. The molecule has 1 aromatic carbocycles. The Labute approximate surface area is 107 Å². The molecule has 3 rings (SSSR count). The van der Waals surface area contributed by atoms with Crippen LogP contribution in [-0.4, -0.2) is 11.7 Å². The summed E-state index contributed by atoms with van der Waals surface area (Å²) >= 11 is 0. The summed E-state index contributed by atoms with van der Waals surface area (Å²) in [6.07, 6.45) is 1.07. The van der Waals surface area contributed by atoms with E-state index in [1.54, 1.807) is 0 Å². The molecule has 3 nitrogen and oxygen atoms in total. The fourth-order valence-corrected chi connectivity index (χ4v) is 2.91. The summed E-state index contributed by atoms with van der Waals surface area (Å²) in [7, 11) is 0. The van der Waals surface area contributed by atoms with E-state index in [-0.39, 0.29) is 0 Å². The molecule has 0 radical (unpaired) electrons. The smallest absolute Gasteiger partial charge is 0.141 e. The van der Waals surface area contributed by atoms with E-state index < -0.39 is 0 Å². The van der Waals surface area contributed by atoms with Crippen molar-refractivity contribution in [2.24, 2.45) is 0 Å². The summed E-state index contributed by atoms with van der Waals surface area (Å²) in [5.41, 5.74) is 6.28. The predicted molar refractivity (Wildman–Crippen MR) is 71.5 cm³/mol. The monoisotopic (exact) mass is 242 g/mol. The van der Waals surface area contributed by atoms with Gasteiger partial charge in [0.25, 0.3) is 0 Å². The number of fused-ring (bicyclic) bond motifs is 1. The summed E-state index contributed by atoms with van der Waals surface area (Å²) in [6.45, 7) is 7.25. The van der Waals surface area contributed by atoms with Gasteiger partial charge in [-0.25, -0.2) is 0 Å². The molecule has 0 bridgehead atoms. The molecule has 1 N–H and O–H groups in total. The topological polar surface area (TPSA) is 38.1 Å². The number of aryl methyl sites for hydroxylation is 2. The fraction of sp³-hybridized carbons (Fsp3) is 0.400. The maximum atomic E-state index is 5.30. The first-order valence-electron chi connectivity index (χ1n) is 6.47. The number of nitrogens with one attached hydrogen (secondary N) is 1. The van der Waals surface area contributed by atoms with Gasteiger partial charge in [0.15, 0.2) is 0 Å². The molecule has 1 atom stereocenters. The van der Waals surface area contributed by atoms with Crippen LogP contribution in [0, 0.1) is 13.8 Å². The maximum absolute atomic E-state index is 5.30. The number of hydrogen-bond acceptors (Lipinski definition) is 3. The molecule has 1 aromatic heterocycles. The van der Waals surface area contributed by atoms with Gasteiger partial charge in [-0.15, -0.1) is 0 Å². The molecule has 0 saturated heterocycles. The molecular formula is C15H18N2O. The van der Waals surface area contributed by atoms with E-state index in [4.69, 9.17) is 4.52 Å². The van der Waals surface area contributed by atoms with Gasteiger partial charge >= 0.3 is 0 Å². The number of nitrogens with zero attached hydrogens (tertiary/aromatic N) is 1. The molecule has 0 spiro atoms. The summed E-state index contributed by atoms with van der Waals surface area (Å²) in [4.78, 5) is 0. The SMILES string of the molecule is Cc1noc(C)c1-c1cccc2c1CCNC2C. The van der Waals surface area contributed by atoms with Crippen molar-refractivity contribution < 1.29 is 4.52 Å². The van der Waals surface area contributed by atoms with Gasteiger partial charge in [0.05, 0.1) is 5.69 Å². The average Bonchev–Trinajstić information content (AvgIpc) is 2.69. The zero-order valence-corrected chi connectivity index (χ0v) is 11.1. The third kappa shape index (κ3) is 1.66. The Balaban J connectivity index is 2.22. The van der Waals surface area contributed by atoms with Gasteiger partial charge in [0.2, 0.25) is 0 Å². The predicted octanol–water partition coefficient (Wildman–Crippen LogP) is 3.17. The van der Waals surface area contributed by atoms with Gasteiger partial charge in [-0.2, -0.15) is 0 Å². The quantitative estimate of drug-likeness (QED) is 0.834. The Morgan fingerprint density at radius 3 is 2.89 bits per heavy atom. The van der Waals surface area contributed by atoms with Crippen molar-refractivity contribution in [3.8, 4) is 11.1 Å². The Hall–Kier alpha value is -1.61. The maximum Gasteiger partial charge on any atom is 0.141 e. The van der Waals surface area contributed by atoms with Crippen LogP contribution in [0.25, 0.3) is 11.1 Å². The molecule has 0 amide bonds. The van der Waals surface area contributed by atoms with Crippen LogP contribution in [0.15, 0.2) is 22.7 Å². The van der Waals surface area contributed by atoms with E-state index >= 15 is 0 Å². The van der Waals surface area contributed by atoms with Crippen LogP contribution in [0.1, 0.15) is 35.5 Å². The van der Waals surface area contributed by atoms with E-state index in [0.29, 0.717) is 6.04 Å². The molecule has 2 heterocycles. The third-order valence-electron chi connectivity index (χ3n) is 3.81. The molecule has 18 heavy (non-hydrogen) atoms. The van der Waals surface area contributed by atoms with Crippen LogP contribution in [0.2, 0.25) is 0 Å². The Morgan fingerprint density at radius 2 is 2.17 bits per heavy atom.